The molecule has 0 atom stereocenters. The standard InChI is InChI=1S/C12H9BrFN3S/c1-7-6-18-10(17-7)5-16-9-3-2-8(4-15)11(13)12(9)14/h2-3,6,16H,5H2,1H3. The number of benzene rings is 1. The molecule has 1 aromatic carbocycles. The van der Waals surface area contributed by atoms with Crippen molar-refractivity contribution in [1.29, 1.82) is 5.26 Å². The first-order chi connectivity index (χ1) is 8.61. The van der Waals surface area contributed by atoms with Crippen LogP contribution in [-0.4, -0.2) is 4.98 Å². The fourth-order valence-corrected chi connectivity index (χ4v) is 2.57. The third-order valence-electron chi connectivity index (χ3n) is 2.30. The minimum absolute atomic E-state index is 0.185. The molecule has 0 fully saturated rings. The number of anilines is 1. The lowest BCUT2D eigenvalue weighted by atomic mass is 10.2. The Labute approximate surface area is 116 Å². The van der Waals surface area contributed by atoms with Crippen LogP contribution in [0, 0.1) is 24.1 Å². The van der Waals surface area contributed by atoms with Crippen molar-refractivity contribution in [2.75, 3.05) is 5.32 Å². The Bertz CT molecular complexity index is 618. The summed E-state index contributed by atoms with van der Waals surface area (Å²) in [6.45, 7) is 2.38. The third-order valence-corrected chi connectivity index (χ3v) is 4.04. The van der Waals surface area contributed by atoms with Crippen LogP contribution in [0.2, 0.25) is 0 Å². The Balaban J connectivity index is 2.15. The van der Waals surface area contributed by atoms with Crippen molar-refractivity contribution in [2.45, 2.75) is 13.5 Å². The Morgan fingerprint density at radius 3 is 2.94 bits per heavy atom. The minimum Gasteiger partial charge on any atom is -0.376 e. The molecular formula is C12H9BrFN3S. The maximum atomic E-state index is 13.9. The van der Waals surface area contributed by atoms with Crippen LogP contribution >= 0.6 is 27.3 Å². The van der Waals surface area contributed by atoms with Crippen LogP contribution in [0.15, 0.2) is 22.0 Å². The van der Waals surface area contributed by atoms with E-state index < -0.39 is 5.82 Å². The second-order valence-electron chi connectivity index (χ2n) is 3.64. The Morgan fingerprint density at radius 2 is 2.33 bits per heavy atom. The van der Waals surface area contributed by atoms with Gasteiger partial charge in [-0.3, -0.25) is 0 Å². The molecule has 0 spiro atoms. The first-order valence-corrected chi connectivity index (χ1v) is 6.82. The lowest BCUT2D eigenvalue weighted by molar-refractivity contribution is 0.623. The normalized spacial score (nSPS) is 10.1. The molecule has 2 rings (SSSR count). The maximum absolute atomic E-state index is 13.9. The molecule has 0 amide bonds. The summed E-state index contributed by atoms with van der Waals surface area (Å²) >= 11 is 4.60. The summed E-state index contributed by atoms with van der Waals surface area (Å²) in [6, 6.07) is 5.04. The highest BCUT2D eigenvalue weighted by Gasteiger charge is 2.11. The van der Waals surface area contributed by atoms with Gasteiger partial charge in [0.2, 0.25) is 0 Å². The largest absolute Gasteiger partial charge is 0.376 e. The zero-order valence-electron chi connectivity index (χ0n) is 9.50. The molecule has 0 saturated carbocycles. The highest BCUT2D eigenvalue weighted by atomic mass is 79.9. The molecule has 2 aromatic rings. The van der Waals surface area contributed by atoms with Crippen LogP contribution in [0.5, 0.6) is 0 Å². The number of halogens is 2. The van der Waals surface area contributed by atoms with Crippen molar-refractivity contribution in [2.24, 2.45) is 0 Å². The number of hydrogen-bond acceptors (Lipinski definition) is 4. The summed E-state index contributed by atoms with van der Waals surface area (Å²) < 4.78 is 14.1. The smallest absolute Gasteiger partial charge is 0.161 e. The monoisotopic (exact) mass is 325 g/mol. The van der Waals surface area contributed by atoms with Gasteiger partial charge in [0.05, 0.1) is 22.3 Å². The van der Waals surface area contributed by atoms with E-state index in [9.17, 15) is 4.39 Å². The summed E-state index contributed by atoms with van der Waals surface area (Å²) in [7, 11) is 0. The first kappa shape index (κ1) is 13.0. The molecule has 3 nitrogen and oxygen atoms in total. The average molecular weight is 326 g/mol. The zero-order valence-corrected chi connectivity index (χ0v) is 11.9. The van der Waals surface area contributed by atoms with Gasteiger partial charge in [-0.25, -0.2) is 9.37 Å². The molecule has 92 valence electrons. The fraction of sp³-hybridized carbons (Fsp3) is 0.167. The predicted molar refractivity (Wildman–Crippen MR) is 73.0 cm³/mol. The van der Waals surface area contributed by atoms with Gasteiger partial charge in [-0.2, -0.15) is 5.26 Å². The molecule has 6 heteroatoms. The van der Waals surface area contributed by atoms with E-state index in [1.165, 1.54) is 11.3 Å². The zero-order chi connectivity index (χ0) is 13.1. The molecule has 0 radical (unpaired) electrons. The number of thiazole rings is 1. The summed E-state index contributed by atoms with van der Waals surface area (Å²) in [5, 5.41) is 14.6. The van der Waals surface area contributed by atoms with Gasteiger partial charge in [-0.15, -0.1) is 11.3 Å². The molecule has 0 aliphatic carbocycles. The molecule has 1 aromatic heterocycles. The van der Waals surface area contributed by atoms with Crippen molar-refractivity contribution in [1.82, 2.24) is 4.98 Å². The number of nitrogens with one attached hydrogen (secondary N) is 1. The van der Waals surface area contributed by atoms with Crippen LogP contribution in [0.1, 0.15) is 16.3 Å². The topological polar surface area (TPSA) is 48.7 Å². The van der Waals surface area contributed by atoms with Crippen LogP contribution in [0.25, 0.3) is 0 Å². The lowest BCUT2D eigenvalue weighted by Gasteiger charge is -2.07. The van der Waals surface area contributed by atoms with Gasteiger partial charge in [0.25, 0.3) is 0 Å². The van der Waals surface area contributed by atoms with Gasteiger partial charge in [0.1, 0.15) is 11.1 Å². The molecule has 1 heterocycles. The predicted octanol–water partition coefficient (Wildman–Crippen LogP) is 3.84. The molecule has 0 aliphatic rings. The van der Waals surface area contributed by atoms with Crippen LogP contribution in [-0.2, 0) is 6.54 Å². The summed E-state index contributed by atoms with van der Waals surface area (Å²) in [5.41, 5.74) is 1.59. The average Bonchev–Trinajstić information content (AvgIpc) is 2.77. The van der Waals surface area contributed by atoms with E-state index in [0.717, 1.165) is 10.7 Å². The van der Waals surface area contributed by atoms with Gasteiger partial charge >= 0.3 is 0 Å². The number of hydrogen-bond donors (Lipinski definition) is 1. The summed E-state index contributed by atoms with van der Waals surface area (Å²) in [5.74, 6) is -0.456. The van der Waals surface area contributed by atoms with E-state index in [0.29, 0.717) is 12.2 Å². The molecular weight excluding hydrogens is 317 g/mol. The van der Waals surface area contributed by atoms with Crippen molar-refractivity contribution in [3.8, 4) is 6.07 Å². The van der Waals surface area contributed by atoms with E-state index in [2.05, 4.69) is 26.2 Å². The van der Waals surface area contributed by atoms with E-state index in [1.807, 2.05) is 18.4 Å². The fourth-order valence-electron chi connectivity index (χ4n) is 1.43. The van der Waals surface area contributed by atoms with Gasteiger partial charge in [0, 0.05) is 11.1 Å². The molecule has 0 unspecified atom stereocenters. The maximum Gasteiger partial charge on any atom is 0.161 e. The van der Waals surface area contributed by atoms with Crippen LogP contribution in [0.4, 0.5) is 10.1 Å². The second-order valence-corrected chi connectivity index (χ2v) is 5.37. The van der Waals surface area contributed by atoms with E-state index in [4.69, 9.17) is 5.26 Å². The Kier molecular flexibility index (Phi) is 3.94. The van der Waals surface area contributed by atoms with Crippen molar-refractivity contribution < 1.29 is 4.39 Å². The van der Waals surface area contributed by atoms with Gasteiger partial charge in [-0.05, 0) is 35.0 Å². The highest BCUT2D eigenvalue weighted by Crippen LogP contribution is 2.27. The molecule has 0 aliphatic heterocycles. The summed E-state index contributed by atoms with van der Waals surface area (Å²) in [4.78, 5) is 4.28. The molecule has 0 bridgehead atoms. The first-order valence-electron chi connectivity index (χ1n) is 5.15. The van der Waals surface area contributed by atoms with Crippen molar-refractivity contribution in [3.63, 3.8) is 0 Å². The van der Waals surface area contributed by atoms with Gasteiger partial charge in [0.15, 0.2) is 5.82 Å². The summed E-state index contributed by atoms with van der Waals surface area (Å²) in [6.07, 6.45) is 0. The molecule has 0 saturated heterocycles. The van der Waals surface area contributed by atoms with Gasteiger partial charge < -0.3 is 5.32 Å². The minimum atomic E-state index is -0.456. The Morgan fingerprint density at radius 1 is 1.56 bits per heavy atom. The Hall–Kier alpha value is -1.45. The van der Waals surface area contributed by atoms with Crippen molar-refractivity contribution >= 4 is 33.0 Å². The van der Waals surface area contributed by atoms with E-state index in [1.54, 1.807) is 12.1 Å². The molecule has 18 heavy (non-hydrogen) atoms. The number of nitriles is 1. The van der Waals surface area contributed by atoms with Crippen molar-refractivity contribution in [3.05, 3.63) is 44.1 Å². The SMILES string of the molecule is Cc1csc(CNc2ccc(C#N)c(Br)c2F)n1. The van der Waals surface area contributed by atoms with Gasteiger partial charge in [-0.1, -0.05) is 0 Å². The number of nitrogens with zero attached hydrogens (tertiary/aromatic N) is 2. The quantitative estimate of drug-likeness (QED) is 0.932. The highest BCUT2D eigenvalue weighted by molar-refractivity contribution is 9.10. The van der Waals surface area contributed by atoms with E-state index >= 15 is 0 Å². The van der Waals surface area contributed by atoms with Crippen LogP contribution in [0.3, 0.4) is 0 Å². The molecule has 1 N–H and O–H groups in total. The van der Waals surface area contributed by atoms with E-state index in [-0.39, 0.29) is 10.0 Å². The number of aryl methyl sites for hydroxylation is 1. The number of aromatic nitrogens is 1. The second kappa shape index (κ2) is 5.46. The van der Waals surface area contributed by atoms with Crippen LogP contribution < -0.4 is 5.32 Å². The lowest BCUT2D eigenvalue weighted by Crippen LogP contribution is -2.02. The third kappa shape index (κ3) is 2.68. The number of rotatable bonds is 3.